The van der Waals surface area contributed by atoms with Crippen LogP contribution in [0.3, 0.4) is 0 Å². The summed E-state index contributed by atoms with van der Waals surface area (Å²) in [4.78, 5) is 115. The topological polar surface area (TPSA) is 275 Å². The van der Waals surface area contributed by atoms with Gasteiger partial charge in [-0.25, -0.2) is 8.78 Å². The third-order valence-electron chi connectivity index (χ3n) is 14.1. The zero-order valence-electron chi connectivity index (χ0n) is 46.5. The molecule has 2 aromatic carbocycles. The van der Waals surface area contributed by atoms with Crippen LogP contribution in [0.2, 0.25) is 0 Å². The lowest BCUT2D eigenvalue weighted by atomic mass is 9.91. The molecule has 2 aliphatic rings. The summed E-state index contributed by atoms with van der Waals surface area (Å²) in [6, 6.07) is 11.5. The summed E-state index contributed by atoms with van der Waals surface area (Å²) in [6.07, 6.45) is 3.79. The van der Waals surface area contributed by atoms with Crippen LogP contribution >= 0.6 is 0 Å². The van der Waals surface area contributed by atoms with Crippen molar-refractivity contribution in [1.29, 1.82) is 0 Å². The fraction of sp³-hybridized carbons (Fsp3) is 0.467. The van der Waals surface area contributed by atoms with Crippen LogP contribution in [0.4, 0.5) is 20.2 Å². The summed E-state index contributed by atoms with van der Waals surface area (Å²) in [7, 11) is 0. The highest BCUT2D eigenvalue weighted by Crippen LogP contribution is 2.41. The number of carbonyl (C=O) groups is 6. The van der Waals surface area contributed by atoms with Gasteiger partial charge in [0.25, 0.3) is 11.1 Å². The van der Waals surface area contributed by atoms with Crippen LogP contribution in [-0.4, -0.2) is 95.8 Å². The molecule has 426 valence electrons. The normalized spacial score (nSPS) is 15.1. The Morgan fingerprint density at radius 2 is 0.963 bits per heavy atom. The smallest absolute Gasteiger partial charge is 0.251 e. The molecule has 0 saturated carbocycles. The van der Waals surface area contributed by atoms with Crippen molar-refractivity contribution in [2.45, 2.75) is 154 Å². The molecule has 2 aromatic heterocycles. The van der Waals surface area contributed by atoms with Gasteiger partial charge in [0.1, 0.15) is 23.7 Å². The second-order valence-electron chi connectivity index (χ2n) is 22.0. The van der Waals surface area contributed by atoms with E-state index in [1.807, 2.05) is 27.7 Å². The number of aromatic amines is 2. The van der Waals surface area contributed by atoms with Crippen molar-refractivity contribution in [1.82, 2.24) is 31.2 Å². The second kappa shape index (κ2) is 27.8. The number of nitrogens with zero attached hydrogens (tertiary/aromatic N) is 2. The number of hydrogen-bond donors (Lipinski definition) is 8. The molecule has 18 nitrogen and oxygen atoms in total. The molecule has 0 bridgehead atoms. The molecule has 0 fully saturated rings. The van der Waals surface area contributed by atoms with Crippen molar-refractivity contribution < 1.29 is 37.5 Å². The minimum absolute atomic E-state index is 0.138. The maximum absolute atomic E-state index is 14.2. The molecule has 20 heteroatoms. The Kier molecular flexibility index (Phi) is 21.3. The number of fused-ring (bicyclic) bond motifs is 2. The van der Waals surface area contributed by atoms with Crippen LogP contribution in [0.1, 0.15) is 139 Å². The van der Waals surface area contributed by atoms with Crippen LogP contribution in [0.25, 0.3) is 0 Å². The first-order valence-electron chi connectivity index (χ1n) is 27.2. The van der Waals surface area contributed by atoms with E-state index >= 15 is 0 Å². The lowest BCUT2D eigenvalue weighted by Crippen LogP contribution is -2.52. The number of amides is 6. The van der Waals surface area contributed by atoms with Gasteiger partial charge in [-0.1, -0.05) is 63.8 Å². The van der Waals surface area contributed by atoms with Crippen LogP contribution in [0.15, 0.2) is 70.3 Å². The highest BCUT2D eigenvalue weighted by molar-refractivity contribution is 6.02. The van der Waals surface area contributed by atoms with Crippen LogP contribution in [0, 0.1) is 35.3 Å². The van der Waals surface area contributed by atoms with Crippen LogP contribution in [-0.2, 0) is 52.4 Å². The molecule has 6 rings (SSSR count). The monoisotopic (exact) mass is 1100 g/mol. The number of nitrogens with two attached hydrogens (primary N) is 2. The quantitative estimate of drug-likeness (QED) is 0.0365. The number of rotatable bonds is 24. The predicted molar refractivity (Wildman–Crippen MR) is 302 cm³/mol. The average Bonchev–Trinajstić information content (AvgIpc) is 3.94. The van der Waals surface area contributed by atoms with Crippen molar-refractivity contribution >= 4 is 46.8 Å². The van der Waals surface area contributed by atoms with Crippen LogP contribution < -0.4 is 53.7 Å². The zero-order chi connectivity index (χ0) is 58.3. The number of carbonyl (C=O) groups excluding carboxylic acids is 6. The first kappa shape index (κ1) is 61.3. The fourth-order valence-electron chi connectivity index (χ4n) is 9.64. The first-order valence-corrected chi connectivity index (χ1v) is 27.2. The number of unbranched alkanes of at least 4 members (excludes halogenated alkanes) is 2. The van der Waals surface area contributed by atoms with Crippen molar-refractivity contribution in [3.63, 3.8) is 0 Å². The number of pyridine rings is 2. The van der Waals surface area contributed by atoms with Crippen molar-refractivity contribution in [2.75, 3.05) is 36.0 Å². The fourth-order valence-corrected chi connectivity index (χ4v) is 9.64. The van der Waals surface area contributed by atoms with Gasteiger partial charge >= 0.3 is 0 Å². The van der Waals surface area contributed by atoms with E-state index in [4.69, 9.17) is 11.5 Å². The molecule has 0 unspecified atom stereocenters. The summed E-state index contributed by atoms with van der Waals surface area (Å²) < 4.78 is 27.1. The molecular weight excluding hydrogens is 1030 g/mol. The maximum Gasteiger partial charge on any atom is 0.251 e. The number of halogens is 2. The van der Waals surface area contributed by atoms with Gasteiger partial charge in [0, 0.05) is 98.0 Å². The third kappa shape index (κ3) is 16.8. The number of H-pyrrole nitrogens is 2. The summed E-state index contributed by atoms with van der Waals surface area (Å²) in [5, 5.41) is 11.3. The Morgan fingerprint density at radius 1 is 0.600 bits per heavy atom. The van der Waals surface area contributed by atoms with Gasteiger partial charge in [-0.15, -0.1) is 0 Å². The zero-order valence-corrected chi connectivity index (χ0v) is 46.5. The minimum Gasteiger partial charge on any atom is -0.356 e. The Hall–Kier alpha value is -7.94. The molecule has 0 aliphatic carbocycles. The molecule has 4 atom stereocenters. The molecule has 0 radical (unpaired) electrons. The van der Waals surface area contributed by atoms with Gasteiger partial charge in [-0.3, -0.25) is 38.4 Å². The van der Waals surface area contributed by atoms with Gasteiger partial charge in [0.15, 0.2) is 0 Å². The predicted octanol–water partition coefficient (Wildman–Crippen LogP) is 4.28. The minimum atomic E-state index is -0.925. The SMILES string of the molecule is C[C@@H](N)C(=O)N[C@@H](CCCCNC(=O)CCC#CC#CCCC(=O)NCCCC[C@H](NC(=O)[C@@H](C)N)C(=O)N1CC(C)(C)c2[nH]c(=O)c(Cc3ccc(F)cc3)cc21)C(=O)N1CC(C)(C)c2[nH]c(=O)c(Cc3ccc(F)cc3)cc21. The molecule has 0 saturated heterocycles. The highest BCUT2D eigenvalue weighted by atomic mass is 19.1. The molecule has 4 aromatic rings. The summed E-state index contributed by atoms with van der Waals surface area (Å²) in [6.45, 7) is 11.9. The summed E-state index contributed by atoms with van der Waals surface area (Å²) >= 11 is 0. The Labute approximate surface area is 465 Å². The Balaban J connectivity index is 0.894. The number of benzene rings is 2. The lowest BCUT2D eigenvalue weighted by molar-refractivity contribution is -0.128. The average molecular weight is 1100 g/mol. The number of aromatic nitrogens is 2. The van der Waals surface area contributed by atoms with Gasteiger partial charge < -0.3 is 52.5 Å². The molecule has 80 heavy (non-hydrogen) atoms. The van der Waals surface area contributed by atoms with Crippen molar-refractivity contribution in [2.24, 2.45) is 11.5 Å². The third-order valence-corrected chi connectivity index (χ3v) is 14.1. The van der Waals surface area contributed by atoms with Crippen LogP contribution in [0.5, 0.6) is 0 Å². The van der Waals surface area contributed by atoms with Gasteiger partial charge in [-0.2, -0.15) is 0 Å². The molecule has 10 N–H and O–H groups in total. The second-order valence-corrected chi connectivity index (χ2v) is 22.0. The van der Waals surface area contributed by atoms with E-state index in [1.165, 1.54) is 38.1 Å². The van der Waals surface area contributed by atoms with Crippen molar-refractivity contribution in [3.8, 4) is 23.7 Å². The van der Waals surface area contributed by atoms with Gasteiger partial charge in [-0.05, 0) is 112 Å². The van der Waals surface area contributed by atoms with Gasteiger partial charge in [0.2, 0.25) is 35.4 Å². The number of hydrogen-bond acceptors (Lipinski definition) is 10. The van der Waals surface area contributed by atoms with E-state index in [0.29, 0.717) is 72.7 Å². The lowest BCUT2D eigenvalue weighted by Gasteiger charge is -2.27. The number of nitrogens with one attached hydrogen (secondary N) is 6. The standard InChI is InChI=1S/C60H74F2N10O8/c1-37(63)53(75)67-45(57(79)71-35-59(3,4)51-47(71)33-41(55(77)69-51)31-39-21-25-43(61)26-22-39)17-13-15-29-65-49(73)19-11-9-7-8-10-12-20-50(74)66-30-16-14-18-46(68-54(76)38(2)64)58(80)72-36-60(5,6)52-48(72)34-42(56(78)70-52)32-40-23-27-44(62)28-24-40/h21-28,33-34,37-38,45-46H,11-20,29-32,35-36,63-64H2,1-6H3,(H,65,73)(H,66,74)(H,67,75)(H,68,76)(H,69,77)(H,70,78)/t37-,38-,45+,46+/m1/s1. The molecular formula is C60H74F2N10O8. The van der Waals surface area contributed by atoms with E-state index in [9.17, 15) is 47.1 Å². The van der Waals surface area contributed by atoms with E-state index in [0.717, 1.165) is 11.1 Å². The largest absolute Gasteiger partial charge is 0.356 e. The molecule has 6 amide bonds. The van der Waals surface area contributed by atoms with Gasteiger partial charge in [0.05, 0.1) is 23.5 Å². The molecule has 0 spiro atoms. The Morgan fingerprint density at radius 3 is 1.31 bits per heavy atom. The highest BCUT2D eigenvalue weighted by Gasteiger charge is 2.43. The Bertz CT molecular complexity index is 2950. The van der Waals surface area contributed by atoms with Crippen molar-refractivity contribution in [3.05, 3.63) is 127 Å². The molecule has 4 heterocycles. The maximum atomic E-state index is 14.2. The number of anilines is 2. The van der Waals surface area contributed by atoms with E-state index in [-0.39, 0.29) is 99.2 Å². The molecule has 2 aliphatic heterocycles. The summed E-state index contributed by atoms with van der Waals surface area (Å²) in [5.74, 6) is 8.21. The van der Waals surface area contributed by atoms with E-state index in [2.05, 4.69) is 54.9 Å². The first-order chi connectivity index (χ1) is 37.9. The van der Waals surface area contributed by atoms with E-state index < -0.39 is 58.4 Å². The summed E-state index contributed by atoms with van der Waals surface area (Å²) in [5.41, 5.74) is 14.5. The van der Waals surface area contributed by atoms with E-state index in [1.54, 1.807) is 46.2 Å².